The van der Waals surface area contributed by atoms with E-state index in [4.69, 9.17) is 0 Å². The molecule has 0 saturated carbocycles. The third kappa shape index (κ3) is 2.83. The number of nitrogens with one attached hydrogen (secondary N) is 1. The first-order valence-electron chi connectivity index (χ1n) is 7.10. The fraction of sp³-hybridized carbons (Fsp3) is 0.333. The van der Waals surface area contributed by atoms with Crippen LogP contribution in [0.3, 0.4) is 0 Å². The molecule has 0 radical (unpaired) electrons. The maximum Gasteiger partial charge on any atom is 0.271 e. The molecule has 2 heterocycles. The molecule has 114 valence electrons. The highest BCUT2D eigenvalue weighted by atomic mass is 16.6. The predicted octanol–water partition coefficient (Wildman–Crippen LogP) is 1.22. The number of hydrogen-bond donors (Lipinski definition) is 1. The van der Waals surface area contributed by atoms with E-state index in [1.54, 1.807) is 6.07 Å². The summed E-state index contributed by atoms with van der Waals surface area (Å²) in [5.41, 5.74) is 1.75. The summed E-state index contributed by atoms with van der Waals surface area (Å²) in [5.74, 6) is 0.0772. The van der Waals surface area contributed by atoms with Crippen molar-refractivity contribution in [2.24, 2.45) is 7.05 Å². The van der Waals surface area contributed by atoms with Crippen molar-refractivity contribution in [1.82, 2.24) is 4.57 Å². The number of nitrogens with zero attached hydrogens (tertiary/aromatic N) is 3. The van der Waals surface area contributed by atoms with Gasteiger partial charge in [-0.1, -0.05) is 6.07 Å². The minimum absolute atomic E-state index is 0.0387. The number of benzene rings is 1. The molecule has 7 nitrogen and oxygen atoms in total. The molecule has 3 rings (SSSR count). The molecule has 22 heavy (non-hydrogen) atoms. The highest BCUT2D eigenvalue weighted by Gasteiger charge is 2.26. The standard InChI is InChI=1S/C15H17N4O3/c1-17-6-7-18(10-17)9-15(20)13-5-3-11-2-4-12(19(21)22)8-14(11)16-13/h2,4,6-8,10,13,16H,3,5,9H2,1H3/q+1. The number of hydrogen-bond acceptors (Lipinski definition) is 4. The maximum absolute atomic E-state index is 12.4. The summed E-state index contributed by atoms with van der Waals surface area (Å²) in [6.45, 7) is 0.294. The Kier molecular flexibility index (Phi) is 3.62. The molecule has 7 heteroatoms. The molecule has 0 spiro atoms. The van der Waals surface area contributed by atoms with Crippen LogP contribution in [0.15, 0.2) is 36.9 Å². The molecule has 1 aromatic carbocycles. The molecule has 1 aliphatic heterocycles. The average molecular weight is 301 g/mol. The van der Waals surface area contributed by atoms with Gasteiger partial charge in [-0.3, -0.25) is 14.9 Å². The molecule has 2 aromatic rings. The SMILES string of the molecule is C[n+]1ccn(CC(=O)C2CCc3ccc([N+](=O)[O-])cc3N2)c1. The highest BCUT2D eigenvalue weighted by molar-refractivity contribution is 5.87. The number of non-ortho nitro benzene ring substituents is 1. The second-order valence-corrected chi connectivity index (χ2v) is 5.55. The van der Waals surface area contributed by atoms with Gasteiger partial charge in [-0.15, -0.1) is 0 Å². The lowest BCUT2D eigenvalue weighted by molar-refractivity contribution is -0.671. The number of carbonyl (C=O) groups excluding carboxylic acids is 1. The second-order valence-electron chi connectivity index (χ2n) is 5.55. The van der Waals surface area contributed by atoms with Crippen molar-refractivity contribution in [3.05, 3.63) is 52.6 Å². The Morgan fingerprint density at radius 1 is 1.55 bits per heavy atom. The van der Waals surface area contributed by atoms with Crippen molar-refractivity contribution in [3.8, 4) is 0 Å². The minimum Gasteiger partial charge on any atom is -0.375 e. The first kappa shape index (κ1) is 14.2. The predicted molar refractivity (Wildman–Crippen MR) is 79.4 cm³/mol. The average Bonchev–Trinajstić information content (AvgIpc) is 2.91. The van der Waals surface area contributed by atoms with Crippen LogP contribution < -0.4 is 9.88 Å². The number of Topliss-reactive ketones (excluding diaryl/α,β-unsaturated/α-hetero) is 1. The number of imidazole rings is 1. The summed E-state index contributed by atoms with van der Waals surface area (Å²) < 4.78 is 3.70. The van der Waals surface area contributed by atoms with E-state index in [0.717, 1.165) is 12.0 Å². The van der Waals surface area contributed by atoms with Gasteiger partial charge in [0.15, 0.2) is 12.3 Å². The quantitative estimate of drug-likeness (QED) is 0.523. The van der Waals surface area contributed by atoms with E-state index in [0.29, 0.717) is 18.7 Å². The zero-order chi connectivity index (χ0) is 15.7. The minimum atomic E-state index is -0.423. The van der Waals surface area contributed by atoms with Gasteiger partial charge < -0.3 is 5.32 Å². The Hall–Kier alpha value is -2.70. The van der Waals surface area contributed by atoms with Crippen LogP contribution in [0.4, 0.5) is 11.4 Å². The van der Waals surface area contributed by atoms with Crippen LogP contribution in [0.25, 0.3) is 0 Å². The van der Waals surface area contributed by atoms with Gasteiger partial charge in [-0.25, -0.2) is 9.13 Å². The first-order chi connectivity index (χ1) is 10.5. The number of nitro benzene ring substituents is 1. The molecule has 0 aliphatic carbocycles. The molecule has 1 atom stereocenters. The molecule has 1 unspecified atom stereocenters. The molecule has 0 saturated heterocycles. The molecule has 0 amide bonds. The molecule has 1 aromatic heterocycles. The third-order valence-electron chi connectivity index (χ3n) is 3.89. The summed E-state index contributed by atoms with van der Waals surface area (Å²) in [4.78, 5) is 22.8. The Balaban J connectivity index is 1.74. The van der Waals surface area contributed by atoms with Crippen LogP contribution in [0, 0.1) is 10.1 Å². The monoisotopic (exact) mass is 301 g/mol. The van der Waals surface area contributed by atoms with Crippen LogP contribution in [-0.2, 0) is 24.8 Å². The Morgan fingerprint density at radius 2 is 2.36 bits per heavy atom. The number of carbonyl (C=O) groups is 1. The van der Waals surface area contributed by atoms with Crippen LogP contribution in [0.5, 0.6) is 0 Å². The zero-order valence-corrected chi connectivity index (χ0v) is 12.2. The number of fused-ring (bicyclic) bond motifs is 1. The number of nitro groups is 1. The van der Waals surface area contributed by atoms with Crippen molar-refractivity contribution in [2.45, 2.75) is 25.4 Å². The van der Waals surface area contributed by atoms with Gasteiger partial charge in [0.05, 0.1) is 18.0 Å². The van der Waals surface area contributed by atoms with Crippen molar-refractivity contribution >= 4 is 17.2 Å². The van der Waals surface area contributed by atoms with Crippen molar-refractivity contribution in [3.63, 3.8) is 0 Å². The van der Waals surface area contributed by atoms with Gasteiger partial charge in [0.25, 0.3) is 5.69 Å². The number of ketones is 1. The van der Waals surface area contributed by atoms with Gasteiger partial charge in [-0.2, -0.15) is 0 Å². The van der Waals surface area contributed by atoms with Crippen LogP contribution in [0.1, 0.15) is 12.0 Å². The van der Waals surface area contributed by atoms with Crippen LogP contribution in [0.2, 0.25) is 0 Å². The van der Waals surface area contributed by atoms with E-state index in [-0.39, 0.29) is 17.5 Å². The normalized spacial score (nSPS) is 16.7. The summed E-state index contributed by atoms with van der Waals surface area (Å²) in [6, 6.07) is 4.46. The van der Waals surface area contributed by atoms with E-state index in [2.05, 4.69) is 5.32 Å². The van der Waals surface area contributed by atoms with Gasteiger partial charge in [0, 0.05) is 17.8 Å². The van der Waals surface area contributed by atoms with Crippen LogP contribution in [-0.4, -0.2) is 21.3 Å². The highest BCUT2D eigenvalue weighted by Crippen LogP contribution is 2.29. The Labute approximate surface area is 127 Å². The van der Waals surface area contributed by atoms with E-state index in [1.807, 2.05) is 34.9 Å². The second kappa shape index (κ2) is 5.59. The van der Waals surface area contributed by atoms with Crippen LogP contribution >= 0.6 is 0 Å². The van der Waals surface area contributed by atoms with E-state index in [9.17, 15) is 14.9 Å². The Bertz CT molecular complexity index is 738. The smallest absolute Gasteiger partial charge is 0.271 e. The lowest BCUT2D eigenvalue weighted by Gasteiger charge is -2.25. The molecule has 0 bridgehead atoms. The number of aromatic nitrogens is 2. The lowest BCUT2D eigenvalue weighted by Crippen LogP contribution is -2.36. The lowest BCUT2D eigenvalue weighted by atomic mass is 9.95. The zero-order valence-electron chi connectivity index (χ0n) is 12.2. The third-order valence-corrected chi connectivity index (χ3v) is 3.89. The molecule has 0 fully saturated rings. The van der Waals surface area contributed by atoms with Crippen molar-refractivity contribution in [2.75, 3.05) is 5.32 Å². The molecular formula is C15H17N4O3+. The number of rotatable bonds is 4. The van der Waals surface area contributed by atoms with Crippen molar-refractivity contribution < 1.29 is 14.3 Å². The fourth-order valence-electron chi connectivity index (χ4n) is 2.72. The van der Waals surface area contributed by atoms with Gasteiger partial charge in [0.1, 0.15) is 12.4 Å². The topological polar surface area (TPSA) is 81.0 Å². The molecule has 1 N–H and O–H groups in total. The summed E-state index contributed by atoms with van der Waals surface area (Å²) in [6.07, 6.45) is 7.02. The van der Waals surface area contributed by atoms with E-state index >= 15 is 0 Å². The van der Waals surface area contributed by atoms with Gasteiger partial charge in [-0.05, 0) is 18.4 Å². The number of aryl methyl sites for hydroxylation is 2. The summed E-state index contributed by atoms with van der Waals surface area (Å²) in [7, 11) is 1.90. The van der Waals surface area contributed by atoms with Gasteiger partial charge in [0.2, 0.25) is 6.33 Å². The largest absolute Gasteiger partial charge is 0.375 e. The van der Waals surface area contributed by atoms with E-state index in [1.165, 1.54) is 12.1 Å². The van der Waals surface area contributed by atoms with Crippen molar-refractivity contribution in [1.29, 1.82) is 0 Å². The fourth-order valence-corrected chi connectivity index (χ4v) is 2.72. The van der Waals surface area contributed by atoms with Gasteiger partial charge >= 0.3 is 0 Å². The maximum atomic E-state index is 12.4. The summed E-state index contributed by atoms with van der Waals surface area (Å²) >= 11 is 0. The first-order valence-corrected chi connectivity index (χ1v) is 7.10. The molecular weight excluding hydrogens is 284 g/mol. The Morgan fingerprint density at radius 3 is 3.05 bits per heavy atom. The summed E-state index contributed by atoms with van der Waals surface area (Å²) in [5, 5.41) is 14.0. The number of anilines is 1. The van der Waals surface area contributed by atoms with E-state index < -0.39 is 4.92 Å². The molecule has 1 aliphatic rings.